The Morgan fingerprint density at radius 3 is 2.60 bits per heavy atom. The summed E-state index contributed by atoms with van der Waals surface area (Å²) in [7, 11) is 0. The molecule has 0 fully saturated rings. The third-order valence-corrected chi connectivity index (χ3v) is 2.60. The molecule has 0 spiro atoms. The van der Waals surface area contributed by atoms with E-state index in [0.29, 0.717) is 5.88 Å². The first-order valence-electron chi connectivity index (χ1n) is 4.63. The van der Waals surface area contributed by atoms with Crippen molar-refractivity contribution < 1.29 is 9.90 Å². The summed E-state index contributed by atoms with van der Waals surface area (Å²) in [6, 6.07) is 6.40. The number of benzene rings is 1. The summed E-state index contributed by atoms with van der Waals surface area (Å²) in [5, 5.41) is 12.2. The first kappa shape index (κ1) is 11.9. The lowest BCUT2D eigenvalue weighted by Crippen LogP contribution is -2.44. The number of phenols is 1. The van der Waals surface area contributed by atoms with Crippen LogP contribution in [0.3, 0.4) is 0 Å². The second kappa shape index (κ2) is 4.53. The Kier molecular flexibility index (Phi) is 3.58. The topological polar surface area (TPSA) is 49.3 Å². The Balaban J connectivity index is 2.83. The zero-order valence-electron chi connectivity index (χ0n) is 8.75. The standard InChI is InChI=1S/C11H14ClNO2/c1-11(2,7-12)13-10(15)8-5-3-4-6-9(8)14/h3-6,14H,7H2,1-2H3,(H,13,15). The highest BCUT2D eigenvalue weighted by atomic mass is 35.5. The molecule has 0 aliphatic heterocycles. The van der Waals surface area contributed by atoms with E-state index in [1.54, 1.807) is 18.2 Å². The van der Waals surface area contributed by atoms with E-state index >= 15 is 0 Å². The van der Waals surface area contributed by atoms with Gasteiger partial charge in [-0.1, -0.05) is 12.1 Å². The molecule has 0 bridgehead atoms. The van der Waals surface area contributed by atoms with Crippen molar-refractivity contribution in [3.63, 3.8) is 0 Å². The molecule has 4 heteroatoms. The lowest BCUT2D eigenvalue weighted by molar-refractivity contribution is 0.0918. The van der Waals surface area contributed by atoms with E-state index < -0.39 is 5.54 Å². The van der Waals surface area contributed by atoms with E-state index in [2.05, 4.69) is 5.32 Å². The van der Waals surface area contributed by atoms with Gasteiger partial charge in [-0.2, -0.15) is 0 Å². The summed E-state index contributed by atoms with van der Waals surface area (Å²) in [5.41, 5.74) is -0.225. The average molecular weight is 228 g/mol. The zero-order valence-corrected chi connectivity index (χ0v) is 9.51. The van der Waals surface area contributed by atoms with Crippen LogP contribution >= 0.6 is 11.6 Å². The molecular formula is C11H14ClNO2. The fraction of sp³-hybridized carbons (Fsp3) is 0.364. The number of carbonyl (C=O) groups is 1. The third kappa shape index (κ3) is 3.13. The van der Waals surface area contributed by atoms with E-state index in [9.17, 15) is 9.90 Å². The molecule has 0 aliphatic carbocycles. The van der Waals surface area contributed by atoms with Crippen molar-refractivity contribution in [3.8, 4) is 5.75 Å². The van der Waals surface area contributed by atoms with Gasteiger partial charge in [0.15, 0.2) is 0 Å². The van der Waals surface area contributed by atoms with Crippen LogP contribution in [-0.4, -0.2) is 22.4 Å². The van der Waals surface area contributed by atoms with Crippen LogP contribution in [0.15, 0.2) is 24.3 Å². The Morgan fingerprint density at radius 1 is 1.47 bits per heavy atom. The van der Waals surface area contributed by atoms with E-state index in [-0.39, 0.29) is 17.2 Å². The fourth-order valence-electron chi connectivity index (χ4n) is 1.07. The molecule has 1 rings (SSSR count). The monoisotopic (exact) mass is 227 g/mol. The van der Waals surface area contributed by atoms with Gasteiger partial charge in [0.25, 0.3) is 5.91 Å². The molecule has 0 unspecified atom stereocenters. The van der Waals surface area contributed by atoms with E-state index in [1.807, 2.05) is 13.8 Å². The van der Waals surface area contributed by atoms with Crippen LogP contribution in [0.1, 0.15) is 24.2 Å². The molecule has 0 aromatic heterocycles. The van der Waals surface area contributed by atoms with Gasteiger partial charge in [-0.25, -0.2) is 0 Å². The Labute approximate surface area is 94.1 Å². The number of aromatic hydroxyl groups is 1. The Hall–Kier alpha value is -1.22. The lowest BCUT2D eigenvalue weighted by Gasteiger charge is -2.23. The molecule has 82 valence electrons. The number of phenolic OH excluding ortho intramolecular Hbond substituents is 1. The van der Waals surface area contributed by atoms with Crippen molar-refractivity contribution in [1.29, 1.82) is 0 Å². The van der Waals surface area contributed by atoms with Gasteiger partial charge < -0.3 is 10.4 Å². The predicted molar refractivity (Wildman–Crippen MR) is 60.4 cm³/mol. The van der Waals surface area contributed by atoms with Crippen LogP contribution in [0.2, 0.25) is 0 Å². The molecule has 2 N–H and O–H groups in total. The van der Waals surface area contributed by atoms with Crippen molar-refractivity contribution >= 4 is 17.5 Å². The minimum Gasteiger partial charge on any atom is -0.507 e. The quantitative estimate of drug-likeness (QED) is 0.778. The van der Waals surface area contributed by atoms with Crippen molar-refractivity contribution in [2.24, 2.45) is 0 Å². The predicted octanol–water partition coefficient (Wildman–Crippen LogP) is 2.14. The van der Waals surface area contributed by atoms with E-state index in [4.69, 9.17) is 11.6 Å². The SMILES string of the molecule is CC(C)(CCl)NC(=O)c1ccccc1O. The lowest BCUT2D eigenvalue weighted by atomic mass is 10.1. The molecule has 1 aromatic rings. The molecule has 1 amide bonds. The van der Waals surface area contributed by atoms with Crippen LogP contribution in [-0.2, 0) is 0 Å². The third-order valence-electron chi connectivity index (χ3n) is 1.93. The number of carbonyl (C=O) groups excluding carboxylic acids is 1. The van der Waals surface area contributed by atoms with Crippen LogP contribution in [0, 0.1) is 0 Å². The number of amides is 1. The van der Waals surface area contributed by atoms with E-state index in [0.717, 1.165) is 0 Å². The van der Waals surface area contributed by atoms with E-state index in [1.165, 1.54) is 6.07 Å². The molecule has 0 radical (unpaired) electrons. The van der Waals surface area contributed by atoms with Crippen molar-refractivity contribution in [2.45, 2.75) is 19.4 Å². The minimum absolute atomic E-state index is 0.0274. The molecule has 1 aromatic carbocycles. The molecule has 0 atom stereocenters. The van der Waals surface area contributed by atoms with Gasteiger partial charge in [0.2, 0.25) is 0 Å². The molecule has 3 nitrogen and oxygen atoms in total. The molecule has 0 heterocycles. The number of halogens is 1. The van der Waals surface area contributed by atoms with Gasteiger partial charge in [-0.3, -0.25) is 4.79 Å². The van der Waals surface area contributed by atoms with Gasteiger partial charge >= 0.3 is 0 Å². The highest BCUT2D eigenvalue weighted by Crippen LogP contribution is 2.16. The van der Waals surface area contributed by atoms with Crippen LogP contribution in [0.5, 0.6) is 5.75 Å². The summed E-state index contributed by atoms with van der Waals surface area (Å²) >= 11 is 5.69. The van der Waals surface area contributed by atoms with Gasteiger partial charge in [-0.05, 0) is 26.0 Å². The number of hydrogen-bond acceptors (Lipinski definition) is 2. The summed E-state index contributed by atoms with van der Waals surface area (Å²) < 4.78 is 0. The van der Waals surface area contributed by atoms with Crippen LogP contribution < -0.4 is 5.32 Å². The normalized spacial score (nSPS) is 11.1. The zero-order chi connectivity index (χ0) is 11.5. The first-order valence-corrected chi connectivity index (χ1v) is 5.16. The maximum absolute atomic E-state index is 11.7. The van der Waals surface area contributed by atoms with Crippen molar-refractivity contribution in [3.05, 3.63) is 29.8 Å². The van der Waals surface area contributed by atoms with Gasteiger partial charge in [0.1, 0.15) is 5.75 Å². The fourth-order valence-corrected chi connectivity index (χ4v) is 1.14. The van der Waals surface area contributed by atoms with Crippen molar-refractivity contribution in [1.82, 2.24) is 5.32 Å². The maximum Gasteiger partial charge on any atom is 0.255 e. The molecule has 15 heavy (non-hydrogen) atoms. The summed E-state index contributed by atoms with van der Waals surface area (Å²) in [5.74, 6) is -0.0362. The van der Waals surface area contributed by atoms with Crippen LogP contribution in [0.25, 0.3) is 0 Å². The Morgan fingerprint density at radius 2 is 2.07 bits per heavy atom. The molecular weight excluding hydrogens is 214 g/mol. The highest BCUT2D eigenvalue weighted by molar-refractivity contribution is 6.18. The van der Waals surface area contributed by atoms with Crippen LogP contribution in [0.4, 0.5) is 0 Å². The highest BCUT2D eigenvalue weighted by Gasteiger charge is 2.21. The maximum atomic E-state index is 11.7. The molecule has 0 saturated carbocycles. The summed E-state index contributed by atoms with van der Waals surface area (Å²) in [4.78, 5) is 11.7. The minimum atomic E-state index is -0.485. The molecule has 0 saturated heterocycles. The number of para-hydroxylation sites is 1. The second-order valence-corrected chi connectivity index (χ2v) is 4.26. The molecule has 0 aliphatic rings. The largest absolute Gasteiger partial charge is 0.507 e. The first-order chi connectivity index (χ1) is 6.96. The van der Waals surface area contributed by atoms with Gasteiger partial charge in [0, 0.05) is 11.4 Å². The summed E-state index contributed by atoms with van der Waals surface area (Å²) in [6.07, 6.45) is 0. The average Bonchev–Trinajstić information content (AvgIpc) is 2.17. The van der Waals surface area contributed by atoms with Gasteiger partial charge in [-0.15, -0.1) is 11.6 Å². The van der Waals surface area contributed by atoms with Crippen molar-refractivity contribution in [2.75, 3.05) is 5.88 Å². The smallest absolute Gasteiger partial charge is 0.255 e. The second-order valence-electron chi connectivity index (χ2n) is 3.99. The Bertz CT molecular complexity index is 363. The number of nitrogens with one attached hydrogen (secondary N) is 1. The number of rotatable bonds is 3. The number of hydrogen-bond donors (Lipinski definition) is 2. The number of alkyl halides is 1. The summed E-state index contributed by atoms with van der Waals surface area (Å²) in [6.45, 7) is 3.63. The van der Waals surface area contributed by atoms with Gasteiger partial charge in [0.05, 0.1) is 5.56 Å².